The van der Waals surface area contributed by atoms with Crippen molar-refractivity contribution < 1.29 is 23.9 Å². The van der Waals surface area contributed by atoms with E-state index in [1.807, 2.05) is 39.8 Å². The first-order chi connectivity index (χ1) is 13.5. The van der Waals surface area contributed by atoms with Crippen LogP contribution >= 0.6 is 0 Å². The maximum atomic E-state index is 12.4. The third kappa shape index (κ3) is 3.82. The summed E-state index contributed by atoms with van der Waals surface area (Å²) in [7, 11) is 0. The number of hydrogen-bond acceptors (Lipinski definition) is 5. The van der Waals surface area contributed by atoms with E-state index >= 15 is 0 Å². The molecule has 5 nitrogen and oxygen atoms in total. The van der Waals surface area contributed by atoms with Gasteiger partial charge in [0.25, 0.3) is 0 Å². The molecule has 0 unspecified atom stereocenters. The largest absolute Gasteiger partial charge is 0.422 e. The van der Waals surface area contributed by atoms with Crippen LogP contribution in [0.1, 0.15) is 64.2 Å². The van der Waals surface area contributed by atoms with Crippen LogP contribution in [-0.4, -0.2) is 17.7 Å². The fourth-order valence-electron chi connectivity index (χ4n) is 3.80. The number of carbonyl (C=O) groups is 3. The van der Waals surface area contributed by atoms with Gasteiger partial charge in [0.2, 0.25) is 0 Å². The molecule has 2 aliphatic carbocycles. The minimum atomic E-state index is -0.635. The van der Waals surface area contributed by atoms with E-state index in [2.05, 4.69) is 6.08 Å². The number of ether oxygens (including phenoxy) is 2. The molecule has 0 bridgehead atoms. The predicted octanol–water partition coefficient (Wildman–Crippen LogP) is 4.69. The average molecular weight is 394 g/mol. The molecule has 3 rings (SSSR count). The summed E-state index contributed by atoms with van der Waals surface area (Å²) >= 11 is 0. The molecule has 0 N–H and O–H groups in total. The number of benzene rings is 1. The fourth-order valence-corrected chi connectivity index (χ4v) is 3.80. The van der Waals surface area contributed by atoms with E-state index in [-0.39, 0.29) is 23.2 Å². The zero-order valence-electron chi connectivity index (χ0n) is 17.7. The molecule has 0 aromatic heterocycles. The predicted molar refractivity (Wildman–Crippen MR) is 111 cm³/mol. The third-order valence-corrected chi connectivity index (χ3v) is 5.34. The molecule has 5 heteroatoms. The molecular formula is C24H26O5. The van der Waals surface area contributed by atoms with Crippen molar-refractivity contribution in [3.63, 3.8) is 0 Å². The van der Waals surface area contributed by atoms with Crippen molar-refractivity contribution >= 4 is 23.8 Å². The van der Waals surface area contributed by atoms with E-state index in [9.17, 15) is 14.4 Å². The Morgan fingerprint density at radius 2 is 1.66 bits per heavy atom. The van der Waals surface area contributed by atoms with Crippen LogP contribution < -0.4 is 9.47 Å². The summed E-state index contributed by atoms with van der Waals surface area (Å²) in [5, 5.41) is 0. The third-order valence-electron chi connectivity index (χ3n) is 5.34. The Morgan fingerprint density at radius 3 is 2.24 bits per heavy atom. The van der Waals surface area contributed by atoms with Crippen molar-refractivity contribution in [1.29, 1.82) is 0 Å². The van der Waals surface area contributed by atoms with Gasteiger partial charge in [-0.25, -0.2) is 0 Å². The Hall–Kier alpha value is -2.95. The van der Waals surface area contributed by atoms with E-state index in [0.717, 1.165) is 22.3 Å². The number of ketones is 1. The second-order valence-electron chi connectivity index (χ2n) is 8.28. The maximum absolute atomic E-state index is 12.4. The van der Waals surface area contributed by atoms with Crippen molar-refractivity contribution in [3.05, 3.63) is 52.1 Å². The molecule has 0 heterocycles. The zero-order valence-corrected chi connectivity index (χ0v) is 17.7. The molecule has 1 aromatic carbocycles. The van der Waals surface area contributed by atoms with Crippen LogP contribution in [0.25, 0.3) is 6.08 Å². The van der Waals surface area contributed by atoms with Crippen LogP contribution in [0.3, 0.4) is 0 Å². The van der Waals surface area contributed by atoms with Gasteiger partial charge in [0, 0.05) is 25.0 Å². The van der Waals surface area contributed by atoms with Crippen molar-refractivity contribution in [3.8, 4) is 11.5 Å². The SMILES string of the molecule is CC(=O)Oc1c(C(C)C)cc2c(c1OC(C)=O)C=C1C=CC(=O)C(C)(C)C1=CC2. The molecule has 0 saturated carbocycles. The van der Waals surface area contributed by atoms with Gasteiger partial charge in [-0.3, -0.25) is 14.4 Å². The molecule has 0 radical (unpaired) electrons. The molecule has 0 saturated heterocycles. The number of hydrogen-bond donors (Lipinski definition) is 0. The zero-order chi connectivity index (χ0) is 21.5. The maximum Gasteiger partial charge on any atom is 0.308 e. The fraction of sp³-hybridized carbons (Fsp3) is 0.375. The topological polar surface area (TPSA) is 69.7 Å². The van der Waals surface area contributed by atoms with Crippen LogP contribution in [0, 0.1) is 5.41 Å². The van der Waals surface area contributed by atoms with E-state index in [0.29, 0.717) is 12.0 Å². The number of carbonyl (C=O) groups excluding carboxylic acids is 3. The summed E-state index contributed by atoms with van der Waals surface area (Å²) in [5.74, 6) is -0.351. The first-order valence-corrected chi connectivity index (χ1v) is 9.74. The highest BCUT2D eigenvalue weighted by Gasteiger charge is 2.36. The highest BCUT2D eigenvalue weighted by atomic mass is 16.6. The van der Waals surface area contributed by atoms with Gasteiger partial charge in [0.05, 0.1) is 5.41 Å². The van der Waals surface area contributed by atoms with Crippen LogP contribution in [0.15, 0.2) is 35.4 Å². The molecule has 152 valence electrons. The second kappa shape index (κ2) is 7.47. The highest BCUT2D eigenvalue weighted by molar-refractivity contribution is 6.01. The minimum absolute atomic E-state index is 0.0488. The normalized spacial score (nSPS) is 17.0. The highest BCUT2D eigenvalue weighted by Crippen LogP contribution is 2.46. The van der Waals surface area contributed by atoms with Crippen molar-refractivity contribution in [2.45, 2.75) is 53.9 Å². The van der Waals surface area contributed by atoms with Gasteiger partial charge < -0.3 is 9.47 Å². The minimum Gasteiger partial charge on any atom is -0.422 e. The molecular weight excluding hydrogens is 368 g/mol. The second-order valence-corrected chi connectivity index (χ2v) is 8.28. The molecule has 0 spiro atoms. The monoisotopic (exact) mass is 394 g/mol. The van der Waals surface area contributed by atoms with Crippen molar-refractivity contribution in [2.24, 2.45) is 5.41 Å². The summed E-state index contributed by atoms with van der Waals surface area (Å²) < 4.78 is 11.1. The Labute approximate surface area is 171 Å². The summed E-state index contributed by atoms with van der Waals surface area (Å²) in [6.45, 7) is 10.4. The Balaban J connectivity index is 2.32. The van der Waals surface area contributed by atoms with E-state index in [1.165, 1.54) is 13.8 Å². The van der Waals surface area contributed by atoms with Gasteiger partial charge in [0.1, 0.15) is 0 Å². The number of rotatable bonds is 3. The molecule has 1 aromatic rings. The van der Waals surface area contributed by atoms with Crippen LogP contribution in [-0.2, 0) is 20.8 Å². The van der Waals surface area contributed by atoms with Gasteiger partial charge >= 0.3 is 11.9 Å². The molecule has 29 heavy (non-hydrogen) atoms. The quantitative estimate of drug-likeness (QED) is 0.549. The van der Waals surface area contributed by atoms with Crippen LogP contribution in [0.2, 0.25) is 0 Å². The van der Waals surface area contributed by atoms with Crippen molar-refractivity contribution in [2.75, 3.05) is 0 Å². The Kier molecular flexibility index (Phi) is 5.35. The summed E-state index contributed by atoms with van der Waals surface area (Å²) in [6, 6.07) is 2.00. The average Bonchev–Trinajstić information content (AvgIpc) is 2.79. The first-order valence-electron chi connectivity index (χ1n) is 9.74. The van der Waals surface area contributed by atoms with Gasteiger partial charge in [-0.15, -0.1) is 0 Å². The van der Waals surface area contributed by atoms with Crippen LogP contribution in [0.4, 0.5) is 0 Å². The number of esters is 2. The smallest absolute Gasteiger partial charge is 0.308 e. The van der Waals surface area contributed by atoms with Gasteiger partial charge in [0.15, 0.2) is 17.3 Å². The molecule has 0 amide bonds. The molecule has 0 fully saturated rings. The Morgan fingerprint density at radius 1 is 1.03 bits per heavy atom. The standard InChI is InChI=1S/C24H26O5/c1-13(2)18-11-16-7-9-20-17(8-10-21(27)24(20,5)6)12-19(16)23(29-15(4)26)22(18)28-14(3)25/h8-13H,7H2,1-6H3. The first kappa shape index (κ1) is 20.8. The summed E-state index contributed by atoms with van der Waals surface area (Å²) in [5.41, 5.74) is 3.62. The van der Waals surface area contributed by atoms with E-state index in [4.69, 9.17) is 9.47 Å². The number of allylic oxidation sites excluding steroid dienone is 5. The van der Waals surface area contributed by atoms with Gasteiger partial charge in [-0.1, -0.05) is 32.1 Å². The molecule has 0 aliphatic heterocycles. The van der Waals surface area contributed by atoms with E-state index < -0.39 is 17.4 Å². The van der Waals surface area contributed by atoms with Gasteiger partial charge in [-0.2, -0.15) is 0 Å². The number of fused-ring (bicyclic) bond motifs is 2. The lowest BCUT2D eigenvalue weighted by atomic mass is 9.73. The van der Waals surface area contributed by atoms with Gasteiger partial charge in [-0.05, 0) is 55.0 Å². The lowest BCUT2D eigenvalue weighted by Crippen LogP contribution is -2.28. The van der Waals surface area contributed by atoms with Crippen molar-refractivity contribution in [1.82, 2.24) is 0 Å². The Bertz CT molecular complexity index is 1000. The molecule has 2 aliphatic rings. The summed E-state index contributed by atoms with van der Waals surface area (Å²) in [4.78, 5) is 36.1. The summed E-state index contributed by atoms with van der Waals surface area (Å²) in [6.07, 6.45) is 7.91. The van der Waals surface area contributed by atoms with Crippen LogP contribution in [0.5, 0.6) is 11.5 Å². The lowest BCUT2D eigenvalue weighted by molar-refractivity contribution is -0.134. The molecule has 0 atom stereocenters. The van der Waals surface area contributed by atoms with E-state index in [1.54, 1.807) is 12.2 Å². The lowest BCUT2D eigenvalue weighted by Gasteiger charge is -2.29.